The van der Waals surface area contributed by atoms with Gasteiger partial charge in [-0.05, 0) is 65.8 Å². The lowest BCUT2D eigenvalue weighted by Gasteiger charge is -2.14. The van der Waals surface area contributed by atoms with Gasteiger partial charge in [-0.2, -0.15) is 0 Å². The van der Waals surface area contributed by atoms with E-state index in [1.54, 1.807) is 6.07 Å². The molecule has 0 spiro atoms. The lowest BCUT2D eigenvalue weighted by molar-refractivity contribution is -0.140. The van der Waals surface area contributed by atoms with Gasteiger partial charge in [0.15, 0.2) is 11.6 Å². The zero-order valence-corrected chi connectivity index (χ0v) is 18.2. The molecule has 10 heteroatoms. The number of nitrogens with one attached hydrogen (secondary N) is 2. The van der Waals surface area contributed by atoms with Crippen LogP contribution >= 0.6 is 22.6 Å². The molecule has 0 bridgehead atoms. The Morgan fingerprint density at radius 2 is 1.80 bits per heavy atom. The number of amides is 1. The molecule has 0 unspecified atom stereocenters. The summed E-state index contributed by atoms with van der Waals surface area (Å²) in [6.45, 7) is 0.158. The Morgan fingerprint density at radius 3 is 2.50 bits per heavy atom. The van der Waals surface area contributed by atoms with Crippen molar-refractivity contribution in [3.63, 3.8) is 0 Å². The minimum absolute atomic E-state index is 0.111. The maximum Gasteiger partial charge on any atom is 0.305 e. The first-order chi connectivity index (χ1) is 14.3. The minimum atomic E-state index is -1.32. The Morgan fingerprint density at radius 1 is 1.03 bits per heavy atom. The smallest absolute Gasteiger partial charge is 0.305 e. The Balaban J connectivity index is 1.98. The number of methoxy groups -OCH3 is 1. The van der Waals surface area contributed by atoms with Gasteiger partial charge < -0.3 is 10.1 Å². The highest BCUT2D eigenvalue weighted by Gasteiger charge is 2.20. The summed E-state index contributed by atoms with van der Waals surface area (Å²) in [6, 6.07) is 6.01. The molecule has 0 aliphatic heterocycles. The van der Waals surface area contributed by atoms with Crippen LogP contribution in [-0.2, 0) is 14.4 Å². The van der Waals surface area contributed by atoms with Crippen LogP contribution in [0.25, 0.3) is 0 Å². The van der Waals surface area contributed by atoms with Gasteiger partial charge in [0.05, 0.1) is 30.7 Å². The summed E-state index contributed by atoms with van der Waals surface area (Å²) in [5.41, 5.74) is 1.28. The minimum Gasteiger partial charge on any atom is -0.469 e. The molecule has 0 radical (unpaired) electrons. The molecule has 2 aromatic carbocycles. The van der Waals surface area contributed by atoms with E-state index in [4.69, 9.17) is 4.84 Å². The zero-order valence-electron chi connectivity index (χ0n) is 16.1. The third-order valence-electron chi connectivity index (χ3n) is 4.05. The van der Waals surface area contributed by atoms with Crippen LogP contribution in [0.4, 0.5) is 24.5 Å². The van der Waals surface area contributed by atoms with Crippen LogP contribution in [0.5, 0.6) is 0 Å². The lowest BCUT2D eigenvalue weighted by atomic mass is 10.1. The molecule has 2 aromatic rings. The maximum absolute atomic E-state index is 14.3. The molecule has 0 atom stereocenters. The molecule has 6 nitrogen and oxygen atoms in total. The highest BCUT2D eigenvalue weighted by atomic mass is 127. The number of unbranched alkanes of at least 4 members (excludes halogenated alkanes) is 2. The van der Waals surface area contributed by atoms with E-state index in [2.05, 4.69) is 15.5 Å². The normalized spacial score (nSPS) is 10.6. The SMILES string of the molecule is COC(=O)CCCCCONC(=O)c1ccc(F)c(F)c1Nc1ccc(I)cc1F. The molecule has 2 rings (SSSR count). The van der Waals surface area contributed by atoms with E-state index in [0.717, 1.165) is 12.1 Å². The molecule has 2 N–H and O–H groups in total. The van der Waals surface area contributed by atoms with Gasteiger partial charge in [-0.15, -0.1) is 0 Å². The lowest BCUT2D eigenvalue weighted by Crippen LogP contribution is -2.25. The third-order valence-corrected chi connectivity index (χ3v) is 4.72. The van der Waals surface area contributed by atoms with Crippen LogP contribution in [0.3, 0.4) is 0 Å². The molecule has 0 aromatic heterocycles. The molecular formula is C20H20F3IN2O4. The number of benzene rings is 2. The third kappa shape index (κ3) is 6.87. The number of anilines is 2. The van der Waals surface area contributed by atoms with Crippen molar-refractivity contribution in [2.45, 2.75) is 25.7 Å². The van der Waals surface area contributed by atoms with Gasteiger partial charge in [0.25, 0.3) is 5.91 Å². The summed E-state index contributed by atoms with van der Waals surface area (Å²) >= 11 is 1.91. The fraction of sp³-hybridized carbons (Fsp3) is 0.300. The van der Waals surface area contributed by atoms with Crippen LogP contribution in [0.1, 0.15) is 36.0 Å². The molecule has 30 heavy (non-hydrogen) atoms. The van der Waals surface area contributed by atoms with Crippen molar-refractivity contribution in [3.8, 4) is 0 Å². The van der Waals surface area contributed by atoms with E-state index >= 15 is 0 Å². The van der Waals surface area contributed by atoms with Crippen molar-refractivity contribution in [3.05, 3.63) is 56.9 Å². The standard InChI is InChI=1S/C20H20F3IN2O4/c1-29-17(27)5-3-2-4-10-30-26-20(28)13-7-8-14(21)18(23)19(13)25-16-9-6-12(24)11-15(16)22/h6-9,11,25H,2-5,10H2,1H3,(H,26,28). The van der Waals surface area contributed by atoms with Crippen molar-refractivity contribution >= 4 is 45.8 Å². The fourth-order valence-electron chi connectivity index (χ4n) is 2.48. The van der Waals surface area contributed by atoms with Gasteiger partial charge in [0.2, 0.25) is 0 Å². The highest BCUT2D eigenvalue weighted by molar-refractivity contribution is 14.1. The molecule has 0 aliphatic rings. The predicted molar refractivity (Wildman–Crippen MR) is 113 cm³/mol. The molecule has 0 fully saturated rings. The number of esters is 1. The van der Waals surface area contributed by atoms with E-state index in [9.17, 15) is 22.8 Å². The molecule has 1 amide bonds. The number of hydroxylamine groups is 1. The number of carbonyl (C=O) groups is 2. The Bertz CT molecular complexity index is 912. The largest absolute Gasteiger partial charge is 0.469 e. The second-order valence-corrected chi connectivity index (χ2v) is 7.45. The average Bonchev–Trinajstić information content (AvgIpc) is 2.72. The van der Waals surface area contributed by atoms with Gasteiger partial charge in [-0.3, -0.25) is 14.4 Å². The second kappa shape index (κ2) is 11.7. The number of hydrogen-bond donors (Lipinski definition) is 2. The summed E-state index contributed by atoms with van der Waals surface area (Å²) in [5.74, 6) is -4.31. The van der Waals surface area contributed by atoms with Crippen molar-refractivity contribution in [2.75, 3.05) is 19.0 Å². The predicted octanol–water partition coefficient (Wildman–Crippen LogP) is 4.85. The van der Waals surface area contributed by atoms with E-state index < -0.39 is 29.0 Å². The van der Waals surface area contributed by atoms with E-state index in [1.807, 2.05) is 22.6 Å². The first kappa shape index (κ1) is 23.9. The molecule has 0 saturated heterocycles. The van der Waals surface area contributed by atoms with Gasteiger partial charge >= 0.3 is 5.97 Å². The maximum atomic E-state index is 14.3. The molecule has 0 heterocycles. The van der Waals surface area contributed by atoms with Crippen molar-refractivity contribution in [1.29, 1.82) is 0 Å². The van der Waals surface area contributed by atoms with E-state index in [0.29, 0.717) is 29.3 Å². The Kier molecular flexibility index (Phi) is 9.37. The molecule has 0 aliphatic carbocycles. The highest BCUT2D eigenvalue weighted by Crippen LogP contribution is 2.28. The number of rotatable bonds is 10. The van der Waals surface area contributed by atoms with Crippen LogP contribution in [0, 0.1) is 21.0 Å². The van der Waals surface area contributed by atoms with Gasteiger partial charge in [0.1, 0.15) is 5.82 Å². The first-order valence-corrected chi connectivity index (χ1v) is 10.1. The molecular weight excluding hydrogens is 516 g/mol. The van der Waals surface area contributed by atoms with Crippen LogP contribution in [0.2, 0.25) is 0 Å². The van der Waals surface area contributed by atoms with Crippen LogP contribution in [-0.4, -0.2) is 25.6 Å². The fourth-order valence-corrected chi connectivity index (χ4v) is 2.93. The van der Waals surface area contributed by atoms with E-state index in [1.165, 1.54) is 19.2 Å². The van der Waals surface area contributed by atoms with Crippen molar-refractivity contribution in [1.82, 2.24) is 5.48 Å². The van der Waals surface area contributed by atoms with Crippen LogP contribution < -0.4 is 10.8 Å². The monoisotopic (exact) mass is 536 g/mol. The Labute approximate surface area is 185 Å². The van der Waals surface area contributed by atoms with Gasteiger partial charge in [0, 0.05) is 9.99 Å². The average molecular weight is 536 g/mol. The molecule has 0 saturated carbocycles. The van der Waals surface area contributed by atoms with Gasteiger partial charge in [-0.25, -0.2) is 18.7 Å². The number of carbonyl (C=O) groups excluding carboxylic acids is 2. The summed E-state index contributed by atoms with van der Waals surface area (Å²) in [5, 5.41) is 2.44. The second-order valence-electron chi connectivity index (χ2n) is 6.20. The number of hydrogen-bond acceptors (Lipinski definition) is 5. The summed E-state index contributed by atoms with van der Waals surface area (Å²) in [4.78, 5) is 28.4. The first-order valence-electron chi connectivity index (χ1n) is 9.02. The van der Waals surface area contributed by atoms with E-state index in [-0.39, 0.29) is 23.8 Å². The zero-order chi connectivity index (χ0) is 22.1. The molecule has 162 valence electrons. The van der Waals surface area contributed by atoms with Crippen LogP contribution in [0.15, 0.2) is 30.3 Å². The summed E-state index contributed by atoms with van der Waals surface area (Å²) in [7, 11) is 1.31. The number of ether oxygens (including phenoxy) is 1. The number of halogens is 4. The van der Waals surface area contributed by atoms with Gasteiger partial charge in [-0.1, -0.05) is 6.42 Å². The van der Waals surface area contributed by atoms with Crippen molar-refractivity contribution in [2.24, 2.45) is 0 Å². The summed E-state index contributed by atoms with van der Waals surface area (Å²) < 4.78 is 47.2. The van der Waals surface area contributed by atoms with Crippen molar-refractivity contribution < 1.29 is 32.3 Å². The quantitative estimate of drug-likeness (QED) is 0.197. The topological polar surface area (TPSA) is 76.7 Å². The Hall–Kier alpha value is -2.34. The summed E-state index contributed by atoms with van der Waals surface area (Å²) in [6.07, 6.45) is 2.15.